The molecule has 6 heteroatoms. The molecular formula is C16H13N3O3. The Morgan fingerprint density at radius 2 is 1.86 bits per heavy atom. The van der Waals surface area contributed by atoms with E-state index in [-0.39, 0.29) is 6.73 Å². The zero-order valence-electron chi connectivity index (χ0n) is 11.6. The SMILES string of the molecule is O=CNCOc1ccccc1-c1nc(-c2ccccc2)no1. The zero-order valence-corrected chi connectivity index (χ0v) is 11.6. The minimum absolute atomic E-state index is 0.0696. The first-order valence-corrected chi connectivity index (χ1v) is 6.67. The second-order valence-corrected chi connectivity index (χ2v) is 4.40. The van der Waals surface area contributed by atoms with Crippen molar-refractivity contribution in [2.24, 2.45) is 0 Å². The average Bonchev–Trinajstić information content (AvgIpc) is 3.06. The minimum atomic E-state index is 0.0696. The summed E-state index contributed by atoms with van der Waals surface area (Å²) < 4.78 is 10.8. The van der Waals surface area contributed by atoms with E-state index in [0.29, 0.717) is 29.4 Å². The van der Waals surface area contributed by atoms with Crippen molar-refractivity contribution in [1.82, 2.24) is 15.5 Å². The van der Waals surface area contributed by atoms with Gasteiger partial charge in [0.1, 0.15) is 5.75 Å². The summed E-state index contributed by atoms with van der Waals surface area (Å²) in [6, 6.07) is 16.8. The maximum atomic E-state index is 10.3. The molecule has 110 valence electrons. The van der Waals surface area contributed by atoms with Gasteiger partial charge in [-0.15, -0.1) is 0 Å². The summed E-state index contributed by atoms with van der Waals surface area (Å²) in [6.07, 6.45) is 0.572. The summed E-state index contributed by atoms with van der Waals surface area (Å²) in [5.74, 6) is 1.43. The number of amides is 1. The highest BCUT2D eigenvalue weighted by Crippen LogP contribution is 2.29. The largest absolute Gasteiger partial charge is 0.472 e. The summed E-state index contributed by atoms with van der Waals surface area (Å²) in [5.41, 5.74) is 1.54. The molecular weight excluding hydrogens is 282 g/mol. The number of nitrogens with one attached hydrogen (secondary N) is 1. The summed E-state index contributed by atoms with van der Waals surface area (Å²) in [7, 11) is 0. The lowest BCUT2D eigenvalue weighted by molar-refractivity contribution is -0.110. The fourth-order valence-corrected chi connectivity index (χ4v) is 1.96. The Morgan fingerprint density at radius 3 is 2.68 bits per heavy atom. The summed E-state index contributed by atoms with van der Waals surface area (Å²) in [4.78, 5) is 14.7. The minimum Gasteiger partial charge on any atom is -0.472 e. The van der Waals surface area contributed by atoms with E-state index in [2.05, 4.69) is 15.5 Å². The maximum Gasteiger partial charge on any atom is 0.262 e. The third kappa shape index (κ3) is 2.95. The standard InChI is InChI=1S/C16H13N3O3/c20-10-17-11-21-14-9-5-4-8-13(14)16-18-15(19-22-16)12-6-2-1-3-7-12/h1-10H,11H2,(H,17,20). The van der Waals surface area contributed by atoms with E-state index in [1.807, 2.05) is 48.5 Å². The van der Waals surface area contributed by atoms with Gasteiger partial charge in [0.2, 0.25) is 12.2 Å². The number of hydrogen-bond acceptors (Lipinski definition) is 5. The van der Waals surface area contributed by atoms with Crippen molar-refractivity contribution in [2.45, 2.75) is 0 Å². The summed E-state index contributed by atoms with van der Waals surface area (Å²) in [6.45, 7) is 0.0696. The number of carbonyl (C=O) groups excluding carboxylic acids is 1. The molecule has 1 heterocycles. The van der Waals surface area contributed by atoms with Crippen molar-refractivity contribution in [3.05, 3.63) is 54.6 Å². The number of carbonyl (C=O) groups is 1. The molecule has 0 aliphatic carbocycles. The molecule has 0 spiro atoms. The van der Waals surface area contributed by atoms with E-state index in [1.165, 1.54) is 0 Å². The number of benzene rings is 2. The van der Waals surface area contributed by atoms with Crippen LogP contribution in [0.25, 0.3) is 22.8 Å². The van der Waals surface area contributed by atoms with Crippen LogP contribution in [0.15, 0.2) is 59.1 Å². The van der Waals surface area contributed by atoms with Gasteiger partial charge in [0.15, 0.2) is 6.73 Å². The third-order valence-corrected chi connectivity index (χ3v) is 2.97. The third-order valence-electron chi connectivity index (χ3n) is 2.97. The molecule has 0 unspecified atom stereocenters. The molecule has 6 nitrogen and oxygen atoms in total. The number of para-hydroxylation sites is 1. The van der Waals surface area contributed by atoms with Crippen LogP contribution in [0, 0.1) is 0 Å². The first kappa shape index (κ1) is 13.8. The fraction of sp³-hybridized carbons (Fsp3) is 0.0625. The predicted molar refractivity (Wildman–Crippen MR) is 79.9 cm³/mol. The highest BCUT2D eigenvalue weighted by Gasteiger charge is 2.14. The monoisotopic (exact) mass is 295 g/mol. The topological polar surface area (TPSA) is 77.2 Å². The molecule has 0 aliphatic heterocycles. The number of nitrogens with zero attached hydrogens (tertiary/aromatic N) is 2. The number of ether oxygens (including phenoxy) is 1. The smallest absolute Gasteiger partial charge is 0.262 e. The summed E-state index contributed by atoms with van der Waals surface area (Å²) >= 11 is 0. The second kappa shape index (κ2) is 6.53. The zero-order chi connectivity index (χ0) is 15.2. The molecule has 0 saturated carbocycles. The van der Waals surface area contributed by atoms with Crippen molar-refractivity contribution < 1.29 is 14.1 Å². The van der Waals surface area contributed by atoms with Gasteiger partial charge in [-0.05, 0) is 12.1 Å². The molecule has 0 bridgehead atoms. The number of hydrogen-bond donors (Lipinski definition) is 1. The van der Waals surface area contributed by atoms with Crippen LogP contribution in [-0.2, 0) is 4.79 Å². The molecule has 0 aliphatic rings. The Hall–Kier alpha value is -3.15. The van der Waals surface area contributed by atoms with Crippen LogP contribution in [-0.4, -0.2) is 23.3 Å². The highest BCUT2D eigenvalue weighted by molar-refractivity contribution is 5.65. The molecule has 1 N–H and O–H groups in total. The van der Waals surface area contributed by atoms with E-state index in [0.717, 1.165) is 5.56 Å². The van der Waals surface area contributed by atoms with Crippen LogP contribution in [0.2, 0.25) is 0 Å². The number of aromatic nitrogens is 2. The van der Waals surface area contributed by atoms with Crippen LogP contribution in [0.1, 0.15) is 0 Å². The van der Waals surface area contributed by atoms with Crippen molar-refractivity contribution in [1.29, 1.82) is 0 Å². The van der Waals surface area contributed by atoms with E-state index < -0.39 is 0 Å². The Morgan fingerprint density at radius 1 is 1.09 bits per heavy atom. The molecule has 0 radical (unpaired) electrons. The molecule has 3 aromatic rings. The summed E-state index contributed by atoms with van der Waals surface area (Å²) in [5, 5.41) is 6.42. The lowest BCUT2D eigenvalue weighted by Gasteiger charge is -2.07. The van der Waals surface area contributed by atoms with E-state index in [1.54, 1.807) is 6.07 Å². The first-order valence-electron chi connectivity index (χ1n) is 6.67. The van der Waals surface area contributed by atoms with Crippen LogP contribution in [0.5, 0.6) is 5.75 Å². The van der Waals surface area contributed by atoms with Gasteiger partial charge in [0.25, 0.3) is 5.89 Å². The van der Waals surface area contributed by atoms with Crippen molar-refractivity contribution in [3.63, 3.8) is 0 Å². The van der Waals surface area contributed by atoms with Gasteiger partial charge in [-0.25, -0.2) is 0 Å². The van der Waals surface area contributed by atoms with Gasteiger partial charge in [-0.2, -0.15) is 4.98 Å². The first-order chi connectivity index (χ1) is 10.9. The quantitative estimate of drug-likeness (QED) is 0.429. The van der Waals surface area contributed by atoms with Crippen LogP contribution in [0.4, 0.5) is 0 Å². The normalized spacial score (nSPS) is 10.2. The molecule has 0 fully saturated rings. The highest BCUT2D eigenvalue weighted by atomic mass is 16.5. The maximum absolute atomic E-state index is 10.3. The Balaban J connectivity index is 1.89. The lowest BCUT2D eigenvalue weighted by atomic mass is 10.2. The van der Waals surface area contributed by atoms with Gasteiger partial charge in [-0.1, -0.05) is 47.6 Å². The predicted octanol–water partition coefficient (Wildman–Crippen LogP) is 2.49. The van der Waals surface area contributed by atoms with Crippen molar-refractivity contribution in [2.75, 3.05) is 6.73 Å². The molecule has 1 aromatic heterocycles. The lowest BCUT2D eigenvalue weighted by Crippen LogP contribution is -2.17. The van der Waals surface area contributed by atoms with Gasteiger partial charge in [-0.3, -0.25) is 4.79 Å². The molecule has 3 rings (SSSR count). The second-order valence-electron chi connectivity index (χ2n) is 4.40. The van der Waals surface area contributed by atoms with Crippen LogP contribution >= 0.6 is 0 Å². The van der Waals surface area contributed by atoms with Gasteiger partial charge in [0, 0.05) is 5.56 Å². The Kier molecular flexibility index (Phi) is 4.10. The molecule has 1 amide bonds. The fourth-order valence-electron chi connectivity index (χ4n) is 1.96. The van der Waals surface area contributed by atoms with E-state index >= 15 is 0 Å². The van der Waals surface area contributed by atoms with Gasteiger partial charge in [0.05, 0.1) is 5.56 Å². The van der Waals surface area contributed by atoms with Crippen LogP contribution < -0.4 is 10.1 Å². The molecule has 0 saturated heterocycles. The van der Waals surface area contributed by atoms with Crippen LogP contribution in [0.3, 0.4) is 0 Å². The van der Waals surface area contributed by atoms with E-state index in [4.69, 9.17) is 9.26 Å². The van der Waals surface area contributed by atoms with Gasteiger partial charge >= 0.3 is 0 Å². The molecule has 0 atom stereocenters. The van der Waals surface area contributed by atoms with Crippen molar-refractivity contribution in [3.8, 4) is 28.6 Å². The Bertz CT molecular complexity index is 756. The average molecular weight is 295 g/mol. The van der Waals surface area contributed by atoms with Gasteiger partial charge < -0.3 is 14.6 Å². The molecule has 22 heavy (non-hydrogen) atoms. The number of rotatable bonds is 6. The molecule has 2 aromatic carbocycles. The van der Waals surface area contributed by atoms with Crippen molar-refractivity contribution >= 4 is 6.41 Å². The van der Waals surface area contributed by atoms with E-state index in [9.17, 15) is 4.79 Å². The Labute approximate surface area is 126 Å².